The number of nitrogens with zero attached hydrogens (tertiary/aromatic N) is 3. The zero-order chi connectivity index (χ0) is 13.3. The average molecular weight is 270 g/mol. The lowest BCUT2D eigenvalue weighted by molar-refractivity contribution is 0.0930. The van der Waals surface area contributed by atoms with Gasteiger partial charge in [-0.2, -0.15) is 0 Å². The molecule has 1 aliphatic rings. The molecule has 0 unspecified atom stereocenters. The number of azide groups is 1. The molecule has 18 heavy (non-hydrogen) atoms. The van der Waals surface area contributed by atoms with Crippen LogP contribution in [0.5, 0.6) is 0 Å². The summed E-state index contributed by atoms with van der Waals surface area (Å²) in [5, 5.41) is 3.07. The number of rotatable bonds is 3. The van der Waals surface area contributed by atoms with Crippen LogP contribution >= 0.6 is 11.6 Å². The van der Waals surface area contributed by atoms with Crippen molar-refractivity contribution in [1.82, 2.24) is 0 Å². The number of aryl methyl sites for hydroxylation is 1. The average Bonchev–Trinajstić information content (AvgIpc) is 2.84. The molecule has 3 atom stereocenters. The number of furan rings is 1. The predicted octanol–water partition coefficient (Wildman–Crippen LogP) is 3.15. The van der Waals surface area contributed by atoms with E-state index < -0.39 is 17.5 Å². The van der Waals surface area contributed by atoms with Gasteiger partial charge in [0.25, 0.3) is 0 Å². The molecule has 0 saturated carbocycles. The van der Waals surface area contributed by atoms with E-state index in [0.717, 1.165) is 0 Å². The van der Waals surface area contributed by atoms with E-state index in [1.807, 2.05) is 0 Å². The van der Waals surface area contributed by atoms with Gasteiger partial charge in [-0.1, -0.05) is 5.11 Å². The number of alkyl halides is 1. The first kappa shape index (κ1) is 13.0. The molecule has 0 radical (unpaired) electrons. The molecule has 1 saturated heterocycles. The zero-order valence-corrected chi connectivity index (χ0v) is 10.7. The van der Waals surface area contributed by atoms with Crippen LogP contribution in [0.25, 0.3) is 10.4 Å². The van der Waals surface area contributed by atoms with Crippen LogP contribution in [0.15, 0.2) is 15.6 Å². The maximum atomic E-state index is 11.3. The second-order valence-corrected chi connectivity index (χ2v) is 4.65. The van der Waals surface area contributed by atoms with Crippen molar-refractivity contribution in [2.24, 2.45) is 5.11 Å². The Hall–Kier alpha value is -1.49. The first-order valence-corrected chi connectivity index (χ1v) is 5.89. The minimum Gasteiger partial charge on any atom is -0.463 e. The maximum absolute atomic E-state index is 11.3. The Morgan fingerprint density at radius 3 is 2.94 bits per heavy atom. The fourth-order valence-electron chi connectivity index (χ4n) is 1.99. The van der Waals surface area contributed by atoms with Crippen molar-refractivity contribution >= 4 is 17.4 Å². The molecule has 2 heterocycles. The van der Waals surface area contributed by atoms with E-state index in [-0.39, 0.29) is 12.4 Å². The van der Waals surface area contributed by atoms with Crippen LogP contribution in [-0.4, -0.2) is 23.8 Å². The number of hydrogen-bond acceptors (Lipinski definition) is 4. The summed E-state index contributed by atoms with van der Waals surface area (Å²) in [6.45, 7) is 3.43. The zero-order valence-electron chi connectivity index (χ0n) is 9.96. The molecule has 6 nitrogen and oxygen atoms in total. The maximum Gasteiger partial charge on any atom is 0.163 e. The normalized spacial score (nSPS) is 26.9. The van der Waals surface area contributed by atoms with Crippen LogP contribution in [0.3, 0.4) is 0 Å². The van der Waals surface area contributed by atoms with E-state index in [2.05, 4.69) is 10.0 Å². The largest absolute Gasteiger partial charge is 0.463 e. The lowest BCUT2D eigenvalue weighted by Gasteiger charge is -2.10. The third kappa shape index (κ3) is 2.22. The molecule has 0 aliphatic carbocycles. The third-order valence-corrected chi connectivity index (χ3v) is 3.42. The van der Waals surface area contributed by atoms with Crippen LogP contribution in [0.4, 0.5) is 0 Å². The summed E-state index contributed by atoms with van der Waals surface area (Å²) >= 11 is 6.16. The van der Waals surface area contributed by atoms with E-state index in [4.69, 9.17) is 26.3 Å². The quantitative estimate of drug-likeness (QED) is 0.278. The number of halogens is 1. The molecule has 96 valence electrons. The van der Waals surface area contributed by atoms with Gasteiger partial charge in [-0.3, -0.25) is 4.79 Å². The summed E-state index contributed by atoms with van der Waals surface area (Å²) in [6.07, 6.45) is -0.492. The summed E-state index contributed by atoms with van der Waals surface area (Å²) in [4.78, 5) is 14.1. The highest BCUT2D eigenvalue weighted by molar-refractivity contribution is 6.21. The predicted molar refractivity (Wildman–Crippen MR) is 64.7 cm³/mol. The highest BCUT2D eigenvalue weighted by Crippen LogP contribution is 2.36. The molecule has 0 aromatic carbocycles. The van der Waals surface area contributed by atoms with Crippen LogP contribution in [0.1, 0.15) is 34.9 Å². The van der Waals surface area contributed by atoms with Crippen molar-refractivity contribution in [2.75, 3.05) is 6.61 Å². The summed E-state index contributed by atoms with van der Waals surface area (Å²) in [7, 11) is 0. The number of carbonyl (C=O) groups excluding carboxylic acids is 1. The topological polar surface area (TPSA) is 88.2 Å². The van der Waals surface area contributed by atoms with Gasteiger partial charge in [-0.15, -0.1) is 11.6 Å². The van der Waals surface area contributed by atoms with Crippen molar-refractivity contribution in [3.8, 4) is 0 Å². The fourth-order valence-corrected chi connectivity index (χ4v) is 2.31. The smallest absolute Gasteiger partial charge is 0.163 e. The second kappa shape index (κ2) is 5.02. The molecule has 0 bridgehead atoms. The molecule has 0 amide bonds. The minimum atomic E-state index is -0.494. The summed E-state index contributed by atoms with van der Waals surface area (Å²) in [5.41, 5.74) is 8.92. The fraction of sp³-hybridized carbons (Fsp3) is 0.545. The van der Waals surface area contributed by atoms with Gasteiger partial charge >= 0.3 is 0 Å². The SMILES string of the molecule is CC(=O)c1cc([C@H]2OC[C@@H](N=[N+]=[N-])[C@@H]2Cl)oc1C. The Kier molecular flexibility index (Phi) is 3.61. The van der Waals surface area contributed by atoms with Crippen molar-refractivity contribution in [2.45, 2.75) is 31.4 Å². The second-order valence-electron chi connectivity index (χ2n) is 4.15. The van der Waals surface area contributed by atoms with Crippen molar-refractivity contribution in [1.29, 1.82) is 0 Å². The van der Waals surface area contributed by atoms with Gasteiger partial charge in [0, 0.05) is 4.91 Å². The third-order valence-electron chi connectivity index (χ3n) is 2.90. The highest BCUT2D eigenvalue weighted by Gasteiger charge is 2.38. The number of ether oxygens (including phenoxy) is 1. The van der Waals surface area contributed by atoms with Crippen molar-refractivity contribution in [3.63, 3.8) is 0 Å². The highest BCUT2D eigenvalue weighted by atomic mass is 35.5. The Labute approximate surface area is 108 Å². The number of ketones is 1. The van der Waals surface area contributed by atoms with Crippen molar-refractivity contribution in [3.05, 3.63) is 33.6 Å². The Morgan fingerprint density at radius 2 is 2.39 bits per heavy atom. The van der Waals surface area contributed by atoms with Crippen LogP contribution in [-0.2, 0) is 4.74 Å². The Bertz CT molecular complexity index is 522. The molecule has 7 heteroatoms. The molecule has 1 fully saturated rings. The van der Waals surface area contributed by atoms with Gasteiger partial charge in [0.2, 0.25) is 0 Å². The molecular formula is C11H12ClN3O3. The monoisotopic (exact) mass is 269 g/mol. The molecule has 2 rings (SSSR count). The molecule has 1 aromatic heterocycles. The van der Waals surface area contributed by atoms with Crippen LogP contribution in [0, 0.1) is 6.92 Å². The lowest BCUT2D eigenvalue weighted by atomic mass is 10.1. The van der Waals surface area contributed by atoms with E-state index in [0.29, 0.717) is 17.1 Å². The number of Topliss-reactive ketones (excluding diaryl/α,β-unsaturated/α-hetero) is 1. The molecule has 0 N–H and O–H groups in total. The molecule has 1 aromatic rings. The standard InChI is InChI=1S/C11H12ClN3O3/c1-5(16)7-3-9(18-6(7)2)11-10(12)8(4-17-11)14-15-13/h3,8,10-11H,4H2,1-2H3/t8-,10+,11-/m1/s1. The van der Waals surface area contributed by atoms with Gasteiger partial charge in [0.1, 0.15) is 17.6 Å². The summed E-state index contributed by atoms with van der Waals surface area (Å²) in [5.74, 6) is 0.962. The summed E-state index contributed by atoms with van der Waals surface area (Å²) in [6, 6.07) is 1.21. The molecular weight excluding hydrogens is 258 g/mol. The van der Waals surface area contributed by atoms with E-state index in [1.54, 1.807) is 13.0 Å². The lowest BCUT2D eigenvalue weighted by Crippen LogP contribution is -2.17. The van der Waals surface area contributed by atoms with Crippen LogP contribution in [0.2, 0.25) is 0 Å². The van der Waals surface area contributed by atoms with Gasteiger partial charge in [0.15, 0.2) is 5.78 Å². The van der Waals surface area contributed by atoms with E-state index in [9.17, 15) is 4.79 Å². The minimum absolute atomic E-state index is 0.0711. The van der Waals surface area contributed by atoms with Gasteiger partial charge in [-0.25, -0.2) is 0 Å². The Balaban J connectivity index is 2.25. The van der Waals surface area contributed by atoms with Gasteiger partial charge in [-0.05, 0) is 25.4 Å². The van der Waals surface area contributed by atoms with Gasteiger partial charge in [0.05, 0.1) is 23.6 Å². The molecule has 1 aliphatic heterocycles. The first-order valence-electron chi connectivity index (χ1n) is 5.45. The van der Waals surface area contributed by atoms with Crippen LogP contribution < -0.4 is 0 Å². The van der Waals surface area contributed by atoms with Crippen molar-refractivity contribution < 1.29 is 13.9 Å². The van der Waals surface area contributed by atoms with E-state index in [1.165, 1.54) is 6.92 Å². The number of hydrogen-bond donors (Lipinski definition) is 0. The van der Waals surface area contributed by atoms with Gasteiger partial charge < -0.3 is 9.15 Å². The Morgan fingerprint density at radius 1 is 1.67 bits per heavy atom. The first-order chi connectivity index (χ1) is 8.54. The van der Waals surface area contributed by atoms with E-state index >= 15 is 0 Å². The number of carbonyl (C=O) groups is 1. The molecule has 0 spiro atoms. The summed E-state index contributed by atoms with van der Waals surface area (Å²) < 4.78 is 11.0.